The first-order chi connectivity index (χ1) is 14.2. The molecule has 2 saturated heterocycles. The van der Waals surface area contributed by atoms with Crippen LogP contribution in [0.3, 0.4) is 0 Å². The summed E-state index contributed by atoms with van der Waals surface area (Å²) in [7, 11) is 0. The van der Waals surface area contributed by atoms with Crippen LogP contribution >= 0.6 is 0 Å². The van der Waals surface area contributed by atoms with Crippen molar-refractivity contribution in [3.05, 3.63) is 54.7 Å². The van der Waals surface area contributed by atoms with E-state index in [0.717, 1.165) is 42.8 Å². The summed E-state index contributed by atoms with van der Waals surface area (Å²) in [6, 6.07) is 15.5. The quantitative estimate of drug-likeness (QED) is 0.716. The normalized spacial score (nSPS) is 24.1. The molecule has 0 radical (unpaired) electrons. The van der Waals surface area contributed by atoms with Gasteiger partial charge in [0.15, 0.2) is 0 Å². The highest BCUT2D eigenvalue weighted by Gasteiger charge is 2.41. The minimum absolute atomic E-state index is 0.0600. The van der Waals surface area contributed by atoms with Gasteiger partial charge in [-0.2, -0.15) is 0 Å². The van der Waals surface area contributed by atoms with Crippen molar-refractivity contribution in [3.63, 3.8) is 0 Å². The molecule has 2 fully saturated rings. The number of fused-ring (bicyclic) bond motifs is 1. The first-order valence-electron chi connectivity index (χ1n) is 10.0. The number of nitrogens with zero attached hydrogens (tertiary/aromatic N) is 2. The molecule has 2 aromatic heterocycles. The van der Waals surface area contributed by atoms with Crippen molar-refractivity contribution in [2.45, 2.75) is 30.9 Å². The minimum Gasteiger partial charge on any atom is -0.378 e. The zero-order chi connectivity index (χ0) is 19.7. The van der Waals surface area contributed by atoms with E-state index in [1.807, 2.05) is 59.1 Å². The molecule has 2 aliphatic heterocycles. The van der Waals surface area contributed by atoms with Crippen LogP contribution in [0.15, 0.2) is 54.7 Å². The zero-order valence-electron chi connectivity index (χ0n) is 16.1. The van der Waals surface area contributed by atoms with Gasteiger partial charge in [0.1, 0.15) is 17.2 Å². The lowest BCUT2D eigenvalue weighted by Gasteiger charge is -2.37. The molecule has 2 N–H and O–H groups in total. The molecule has 29 heavy (non-hydrogen) atoms. The van der Waals surface area contributed by atoms with Crippen LogP contribution in [0.5, 0.6) is 0 Å². The van der Waals surface area contributed by atoms with E-state index in [0.29, 0.717) is 19.0 Å². The zero-order valence-corrected chi connectivity index (χ0v) is 16.1. The number of hydrogen-bond donors (Lipinski definition) is 2. The Labute approximate surface area is 169 Å². The third-order valence-electron chi connectivity index (χ3n) is 5.70. The molecule has 150 valence electrons. The van der Waals surface area contributed by atoms with Gasteiger partial charge in [-0.25, -0.2) is 9.78 Å². The van der Waals surface area contributed by atoms with Crippen molar-refractivity contribution >= 4 is 17.5 Å². The van der Waals surface area contributed by atoms with Gasteiger partial charge >= 0.3 is 6.03 Å². The van der Waals surface area contributed by atoms with Gasteiger partial charge in [-0.15, -0.1) is 0 Å². The minimum atomic E-state index is -0.241. The third-order valence-corrected chi connectivity index (χ3v) is 5.70. The maximum Gasteiger partial charge on any atom is 0.320 e. The van der Waals surface area contributed by atoms with E-state index in [-0.39, 0.29) is 17.7 Å². The van der Waals surface area contributed by atoms with Gasteiger partial charge in [-0.3, -0.25) is 9.72 Å². The fourth-order valence-corrected chi connectivity index (χ4v) is 4.26. The standard InChI is InChI=1S/C22H24N4O3/c27-21(23-17-9-12-29-22(14-17)10-13-28-15-22)25-20-19(16-6-2-1-3-7-16)24-18-8-4-5-11-26(18)20/h1-8,11,17H,9-10,12-15H2,(H2,23,25,27). The number of hydrogen-bond acceptors (Lipinski definition) is 4. The summed E-state index contributed by atoms with van der Waals surface area (Å²) in [5.74, 6) is 0.662. The number of pyridine rings is 1. The van der Waals surface area contributed by atoms with E-state index >= 15 is 0 Å². The number of carbonyl (C=O) groups excluding carboxylic acids is 1. The Morgan fingerprint density at radius 2 is 2.00 bits per heavy atom. The Morgan fingerprint density at radius 3 is 2.83 bits per heavy atom. The van der Waals surface area contributed by atoms with Gasteiger partial charge < -0.3 is 14.8 Å². The molecule has 1 spiro atoms. The fourth-order valence-electron chi connectivity index (χ4n) is 4.26. The second kappa shape index (κ2) is 7.50. The van der Waals surface area contributed by atoms with Gasteiger partial charge in [0, 0.05) is 37.4 Å². The van der Waals surface area contributed by atoms with E-state index in [2.05, 4.69) is 10.6 Å². The number of carbonyl (C=O) groups is 1. The lowest BCUT2D eigenvalue weighted by atomic mass is 9.90. The van der Waals surface area contributed by atoms with Crippen LogP contribution in [0.2, 0.25) is 0 Å². The maximum atomic E-state index is 12.9. The molecular formula is C22H24N4O3. The molecule has 4 heterocycles. The Hall–Kier alpha value is -2.90. The first kappa shape index (κ1) is 18.1. The van der Waals surface area contributed by atoms with Crippen LogP contribution in [0.4, 0.5) is 10.6 Å². The SMILES string of the molecule is O=C(Nc1c(-c2ccccc2)nc2ccccn12)NC1CCOC2(CCOC2)C1. The highest BCUT2D eigenvalue weighted by molar-refractivity contribution is 5.93. The average Bonchev–Trinajstić information content (AvgIpc) is 3.34. The molecule has 0 aliphatic carbocycles. The molecule has 2 aliphatic rings. The smallest absolute Gasteiger partial charge is 0.320 e. The number of imidazole rings is 1. The maximum absolute atomic E-state index is 12.9. The van der Waals surface area contributed by atoms with Crippen molar-refractivity contribution in [1.82, 2.24) is 14.7 Å². The summed E-state index contributed by atoms with van der Waals surface area (Å²) in [4.78, 5) is 17.6. The molecule has 5 rings (SSSR count). The van der Waals surface area contributed by atoms with E-state index in [1.165, 1.54) is 0 Å². The van der Waals surface area contributed by atoms with E-state index in [9.17, 15) is 4.79 Å². The molecule has 2 amide bonds. The fraction of sp³-hybridized carbons (Fsp3) is 0.364. The van der Waals surface area contributed by atoms with E-state index in [4.69, 9.17) is 14.5 Å². The molecule has 0 bridgehead atoms. The number of benzene rings is 1. The number of ether oxygens (including phenoxy) is 2. The lowest BCUT2D eigenvalue weighted by molar-refractivity contribution is -0.0877. The molecule has 0 saturated carbocycles. The monoisotopic (exact) mass is 392 g/mol. The average molecular weight is 392 g/mol. The second-order valence-corrected chi connectivity index (χ2v) is 7.73. The Morgan fingerprint density at radius 1 is 1.14 bits per heavy atom. The number of rotatable bonds is 3. The van der Waals surface area contributed by atoms with E-state index < -0.39 is 0 Å². The summed E-state index contributed by atoms with van der Waals surface area (Å²) in [5, 5.41) is 6.16. The van der Waals surface area contributed by atoms with Crippen LogP contribution in [0, 0.1) is 0 Å². The number of amides is 2. The van der Waals surface area contributed by atoms with Crippen LogP contribution < -0.4 is 10.6 Å². The summed E-state index contributed by atoms with van der Waals surface area (Å²) >= 11 is 0. The van der Waals surface area contributed by atoms with Gasteiger partial charge in [0.2, 0.25) is 0 Å². The molecule has 2 unspecified atom stereocenters. The van der Waals surface area contributed by atoms with Gasteiger partial charge in [-0.05, 0) is 25.0 Å². The van der Waals surface area contributed by atoms with E-state index in [1.54, 1.807) is 0 Å². The van der Waals surface area contributed by atoms with Crippen molar-refractivity contribution in [2.75, 3.05) is 25.1 Å². The Balaban J connectivity index is 1.38. The molecular weight excluding hydrogens is 368 g/mol. The Bertz CT molecular complexity index is 1010. The van der Waals surface area contributed by atoms with Crippen LogP contribution in [0.1, 0.15) is 19.3 Å². The number of urea groups is 1. The van der Waals surface area contributed by atoms with Gasteiger partial charge in [-0.1, -0.05) is 36.4 Å². The van der Waals surface area contributed by atoms with Crippen LogP contribution in [-0.2, 0) is 9.47 Å². The molecule has 1 aromatic carbocycles. The van der Waals surface area contributed by atoms with Crippen LogP contribution in [0.25, 0.3) is 16.9 Å². The van der Waals surface area contributed by atoms with Gasteiger partial charge in [0.25, 0.3) is 0 Å². The number of aromatic nitrogens is 2. The van der Waals surface area contributed by atoms with Crippen molar-refractivity contribution < 1.29 is 14.3 Å². The Kier molecular flexibility index (Phi) is 4.69. The van der Waals surface area contributed by atoms with Crippen LogP contribution in [-0.4, -0.2) is 46.9 Å². The highest BCUT2D eigenvalue weighted by Crippen LogP contribution is 2.33. The second-order valence-electron chi connectivity index (χ2n) is 7.73. The summed E-state index contributed by atoms with van der Waals surface area (Å²) in [6.45, 7) is 1.97. The van der Waals surface area contributed by atoms with Gasteiger partial charge in [0.05, 0.1) is 12.2 Å². The van der Waals surface area contributed by atoms with Crippen molar-refractivity contribution in [3.8, 4) is 11.3 Å². The third kappa shape index (κ3) is 3.59. The predicted molar refractivity (Wildman–Crippen MR) is 110 cm³/mol. The largest absolute Gasteiger partial charge is 0.378 e. The summed E-state index contributed by atoms with van der Waals surface area (Å²) in [6.07, 6.45) is 4.37. The lowest BCUT2D eigenvalue weighted by Crippen LogP contribution is -2.50. The molecule has 2 atom stereocenters. The molecule has 7 heteroatoms. The molecule has 3 aromatic rings. The van der Waals surface area contributed by atoms with Crippen molar-refractivity contribution in [1.29, 1.82) is 0 Å². The molecule has 7 nitrogen and oxygen atoms in total. The topological polar surface area (TPSA) is 76.9 Å². The highest BCUT2D eigenvalue weighted by atomic mass is 16.6. The summed E-state index contributed by atoms with van der Waals surface area (Å²) in [5.41, 5.74) is 2.25. The predicted octanol–water partition coefficient (Wildman–Crippen LogP) is 3.46. The number of nitrogens with one attached hydrogen (secondary N) is 2. The number of anilines is 1. The van der Waals surface area contributed by atoms with Crippen molar-refractivity contribution in [2.24, 2.45) is 0 Å². The first-order valence-corrected chi connectivity index (χ1v) is 10.0. The summed E-state index contributed by atoms with van der Waals surface area (Å²) < 4.78 is 13.4.